The van der Waals surface area contributed by atoms with Gasteiger partial charge in [-0.2, -0.15) is 0 Å². The molecule has 0 heterocycles. The van der Waals surface area contributed by atoms with E-state index in [-0.39, 0.29) is 0 Å². The zero-order valence-electron chi connectivity index (χ0n) is 7.85. The van der Waals surface area contributed by atoms with Crippen LogP contribution in [-0.2, 0) is 11.8 Å². The van der Waals surface area contributed by atoms with Gasteiger partial charge in [0, 0.05) is 0 Å². The van der Waals surface area contributed by atoms with Gasteiger partial charge in [0.05, 0.1) is 0 Å². The highest BCUT2D eigenvalue weighted by Gasteiger charge is 2.26. The Morgan fingerprint density at radius 1 is 1.42 bits per heavy atom. The van der Waals surface area contributed by atoms with Crippen LogP contribution < -0.4 is 0 Å². The Bertz CT molecular complexity index is 284. The van der Waals surface area contributed by atoms with Crippen molar-refractivity contribution in [1.82, 2.24) is 0 Å². The first kappa shape index (κ1) is 7.85. The summed E-state index contributed by atoms with van der Waals surface area (Å²) in [7, 11) is 0. The molecule has 1 aromatic rings. The molecule has 2 rings (SSSR count). The molecule has 0 unspecified atom stereocenters. The van der Waals surface area contributed by atoms with Crippen LogP contribution >= 0.6 is 0 Å². The molecular weight excluding hydrogens is 144 g/mol. The topological polar surface area (TPSA) is 0 Å². The van der Waals surface area contributed by atoms with E-state index in [1.807, 2.05) is 6.07 Å². The van der Waals surface area contributed by atoms with Gasteiger partial charge in [-0.3, -0.25) is 0 Å². The predicted molar refractivity (Wildman–Crippen MR) is 51.2 cm³/mol. The van der Waals surface area contributed by atoms with Crippen molar-refractivity contribution in [2.45, 2.75) is 38.5 Å². The summed E-state index contributed by atoms with van der Waals surface area (Å²) in [4.78, 5) is 0. The summed E-state index contributed by atoms with van der Waals surface area (Å²) >= 11 is 0. The van der Waals surface area contributed by atoms with Gasteiger partial charge in [-0.05, 0) is 41.9 Å². The van der Waals surface area contributed by atoms with E-state index < -0.39 is 0 Å². The molecule has 0 N–H and O–H groups in total. The zero-order valence-corrected chi connectivity index (χ0v) is 7.85. The summed E-state index contributed by atoms with van der Waals surface area (Å²) in [6, 6.07) is 9.73. The maximum Gasteiger partial charge on any atom is -0.0100 e. The molecule has 0 heteroatoms. The number of aryl methyl sites for hydroxylation is 1. The van der Waals surface area contributed by atoms with Gasteiger partial charge in [0.2, 0.25) is 0 Å². The van der Waals surface area contributed by atoms with Crippen molar-refractivity contribution in [3.05, 3.63) is 35.4 Å². The summed E-state index contributed by atoms with van der Waals surface area (Å²) < 4.78 is 0. The smallest absolute Gasteiger partial charge is 0.0100 e. The maximum absolute atomic E-state index is 3.34. The highest BCUT2D eigenvalue weighted by Crippen LogP contribution is 2.35. The third kappa shape index (κ3) is 1.16. The first-order chi connectivity index (χ1) is 5.70. The SMILES string of the molecule is CC1(C)CCCc2[c]cccc21. The first-order valence-corrected chi connectivity index (χ1v) is 4.70. The van der Waals surface area contributed by atoms with Gasteiger partial charge in [0.1, 0.15) is 0 Å². The fourth-order valence-corrected chi connectivity index (χ4v) is 2.15. The summed E-state index contributed by atoms with van der Waals surface area (Å²) in [6.07, 6.45) is 3.86. The van der Waals surface area contributed by atoms with E-state index in [1.165, 1.54) is 30.4 Å². The third-order valence-corrected chi connectivity index (χ3v) is 2.90. The normalized spacial score (nSPS) is 20.2. The van der Waals surface area contributed by atoms with Crippen molar-refractivity contribution in [2.24, 2.45) is 0 Å². The van der Waals surface area contributed by atoms with Gasteiger partial charge in [0.25, 0.3) is 0 Å². The Balaban J connectivity index is 2.52. The Morgan fingerprint density at radius 2 is 2.25 bits per heavy atom. The van der Waals surface area contributed by atoms with Gasteiger partial charge in [-0.25, -0.2) is 0 Å². The molecule has 0 aliphatic heterocycles. The van der Waals surface area contributed by atoms with Crippen molar-refractivity contribution < 1.29 is 0 Å². The molecule has 0 saturated heterocycles. The van der Waals surface area contributed by atoms with Crippen molar-refractivity contribution >= 4 is 0 Å². The molecule has 0 fully saturated rings. The lowest BCUT2D eigenvalue weighted by Gasteiger charge is -2.32. The molecule has 0 atom stereocenters. The van der Waals surface area contributed by atoms with Gasteiger partial charge < -0.3 is 0 Å². The lowest BCUT2D eigenvalue weighted by Crippen LogP contribution is -2.23. The van der Waals surface area contributed by atoms with Crippen molar-refractivity contribution in [3.8, 4) is 0 Å². The molecule has 0 amide bonds. The number of hydrogen-bond donors (Lipinski definition) is 0. The summed E-state index contributed by atoms with van der Waals surface area (Å²) in [5.74, 6) is 0. The number of hydrogen-bond acceptors (Lipinski definition) is 0. The lowest BCUT2D eigenvalue weighted by molar-refractivity contribution is 0.431. The van der Waals surface area contributed by atoms with Crippen LogP contribution in [0.5, 0.6) is 0 Å². The molecule has 0 saturated carbocycles. The summed E-state index contributed by atoms with van der Waals surface area (Å²) in [5, 5.41) is 0. The molecule has 0 aromatic heterocycles. The second-order valence-corrected chi connectivity index (χ2v) is 4.30. The Labute approximate surface area is 74.6 Å². The van der Waals surface area contributed by atoms with Crippen LogP contribution in [0.15, 0.2) is 18.2 Å². The largest absolute Gasteiger partial charge is 0.0613 e. The van der Waals surface area contributed by atoms with Crippen LogP contribution in [0.4, 0.5) is 0 Å². The number of benzene rings is 1. The van der Waals surface area contributed by atoms with Crippen LogP contribution in [-0.4, -0.2) is 0 Å². The fraction of sp³-hybridized carbons (Fsp3) is 0.500. The highest BCUT2D eigenvalue weighted by atomic mass is 14.3. The maximum atomic E-state index is 3.34. The fourth-order valence-electron chi connectivity index (χ4n) is 2.15. The van der Waals surface area contributed by atoms with E-state index in [1.54, 1.807) is 0 Å². The molecule has 1 aromatic carbocycles. The molecule has 12 heavy (non-hydrogen) atoms. The van der Waals surface area contributed by atoms with Crippen molar-refractivity contribution in [3.63, 3.8) is 0 Å². The van der Waals surface area contributed by atoms with E-state index in [9.17, 15) is 0 Å². The molecule has 63 valence electrons. The Hall–Kier alpha value is -0.780. The summed E-state index contributed by atoms with van der Waals surface area (Å²) in [5.41, 5.74) is 3.33. The van der Waals surface area contributed by atoms with E-state index in [4.69, 9.17) is 0 Å². The van der Waals surface area contributed by atoms with Crippen LogP contribution in [0.2, 0.25) is 0 Å². The van der Waals surface area contributed by atoms with E-state index in [2.05, 4.69) is 32.0 Å². The van der Waals surface area contributed by atoms with Gasteiger partial charge in [-0.15, -0.1) is 0 Å². The first-order valence-electron chi connectivity index (χ1n) is 4.70. The molecule has 0 bridgehead atoms. The average molecular weight is 159 g/mol. The number of fused-ring (bicyclic) bond motifs is 1. The van der Waals surface area contributed by atoms with Crippen LogP contribution in [0, 0.1) is 6.07 Å². The molecule has 0 spiro atoms. The van der Waals surface area contributed by atoms with Crippen LogP contribution in [0.25, 0.3) is 0 Å². The Morgan fingerprint density at radius 3 is 3.00 bits per heavy atom. The molecule has 1 aliphatic rings. The predicted octanol–water partition coefficient (Wildman–Crippen LogP) is 3.10. The molecule has 1 aliphatic carbocycles. The van der Waals surface area contributed by atoms with E-state index in [0.717, 1.165) is 0 Å². The van der Waals surface area contributed by atoms with Crippen LogP contribution in [0.1, 0.15) is 37.8 Å². The quantitative estimate of drug-likeness (QED) is 0.545. The Kier molecular flexibility index (Phi) is 1.71. The molecule has 1 radical (unpaired) electrons. The van der Waals surface area contributed by atoms with Crippen molar-refractivity contribution in [1.29, 1.82) is 0 Å². The minimum atomic E-state index is 0.380. The van der Waals surface area contributed by atoms with Crippen LogP contribution in [0.3, 0.4) is 0 Å². The summed E-state index contributed by atoms with van der Waals surface area (Å²) in [6.45, 7) is 4.66. The monoisotopic (exact) mass is 159 g/mol. The second kappa shape index (κ2) is 2.62. The number of rotatable bonds is 0. The molecular formula is C12H15. The second-order valence-electron chi connectivity index (χ2n) is 4.30. The third-order valence-electron chi connectivity index (χ3n) is 2.90. The van der Waals surface area contributed by atoms with Gasteiger partial charge >= 0.3 is 0 Å². The molecule has 0 nitrogen and oxygen atoms in total. The van der Waals surface area contributed by atoms with Crippen molar-refractivity contribution in [2.75, 3.05) is 0 Å². The van der Waals surface area contributed by atoms with Gasteiger partial charge in [-0.1, -0.05) is 32.0 Å². The minimum absolute atomic E-state index is 0.380. The highest BCUT2D eigenvalue weighted by molar-refractivity contribution is 5.34. The minimum Gasteiger partial charge on any atom is -0.0613 e. The average Bonchev–Trinajstić information content (AvgIpc) is 2.04. The van der Waals surface area contributed by atoms with E-state index >= 15 is 0 Å². The van der Waals surface area contributed by atoms with E-state index in [0.29, 0.717) is 5.41 Å². The lowest BCUT2D eigenvalue weighted by atomic mass is 9.73. The standard InChI is InChI=1S/C12H15/c1-12(2)9-5-7-10-6-3-4-8-11(10)12/h3-4,8H,5,7,9H2,1-2H3. The zero-order chi connectivity index (χ0) is 8.60. The van der Waals surface area contributed by atoms with Gasteiger partial charge in [0.15, 0.2) is 0 Å².